The molecule has 0 saturated carbocycles. The van der Waals surface area contributed by atoms with Gasteiger partial charge >= 0.3 is 6.09 Å². The molecule has 0 N–H and O–H groups in total. The van der Waals surface area contributed by atoms with E-state index >= 15 is 0 Å². The summed E-state index contributed by atoms with van der Waals surface area (Å²) in [5, 5.41) is 0. The van der Waals surface area contributed by atoms with E-state index in [2.05, 4.69) is 0 Å². The zero-order valence-corrected chi connectivity index (χ0v) is 10.8. The van der Waals surface area contributed by atoms with Crippen molar-refractivity contribution in [2.24, 2.45) is 0 Å². The molecule has 1 aromatic heterocycles. The first-order valence-electron chi connectivity index (χ1n) is 4.75. The van der Waals surface area contributed by atoms with Crippen molar-refractivity contribution in [1.29, 1.82) is 0 Å². The van der Waals surface area contributed by atoms with Crippen LogP contribution in [0.15, 0.2) is 0 Å². The summed E-state index contributed by atoms with van der Waals surface area (Å²) in [7, 11) is 3.36. The second-order valence-corrected chi connectivity index (χ2v) is 6.13. The molecule has 1 amide bonds. The van der Waals surface area contributed by atoms with E-state index in [0.717, 1.165) is 22.4 Å². The van der Waals surface area contributed by atoms with Crippen LogP contribution < -0.4 is 0 Å². The Morgan fingerprint density at radius 1 is 1.60 bits per heavy atom. The lowest BCUT2D eigenvalue weighted by molar-refractivity contribution is 0.103. The molecule has 0 unspecified atom stereocenters. The predicted octanol–water partition coefficient (Wildman–Crippen LogP) is 3.05. The van der Waals surface area contributed by atoms with E-state index in [1.807, 2.05) is 6.92 Å². The van der Waals surface area contributed by atoms with Crippen LogP contribution in [0.1, 0.15) is 17.4 Å². The van der Waals surface area contributed by atoms with E-state index in [0.29, 0.717) is 13.2 Å². The number of carbonyl (C=O) groups excluding carboxylic acids is 1. The van der Waals surface area contributed by atoms with Gasteiger partial charge in [-0.05, 0) is 6.92 Å². The van der Waals surface area contributed by atoms with E-state index in [1.165, 1.54) is 4.88 Å². The highest BCUT2D eigenvalue weighted by molar-refractivity contribution is 7.79. The number of hydrogen-bond donors (Lipinski definition) is 0. The van der Waals surface area contributed by atoms with Gasteiger partial charge in [-0.3, -0.25) is 0 Å². The second-order valence-electron chi connectivity index (χ2n) is 3.23. The summed E-state index contributed by atoms with van der Waals surface area (Å²) in [5.41, 5.74) is 1.15. The predicted molar refractivity (Wildman–Crippen MR) is 64.2 cm³/mol. The summed E-state index contributed by atoms with van der Waals surface area (Å²) >= 11 is 5.23. The van der Waals surface area contributed by atoms with E-state index in [1.54, 1.807) is 25.6 Å². The number of fused-ring (bicyclic) bond motifs is 1. The highest BCUT2D eigenvalue weighted by Gasteiger charge is 2.23. The third-order valence-corrected chi connectivity index (χ3v) is 5.58. The maximum atomic E-state index is 11.5. The number of amides is 1. The monoisotopic (exact) mass is 261 g/mol. The van der Waals surface area contributed by atoms with Gasteiger partial charge in [0.05, 0.1) is 13.2 Å². The minimum Gasteiger partial charge on any atom is -0.450 e. The van der Waals surface area contributed by atoms with Gasteiger partial charge < -0.3 is 9.64 Å². The lowest BCUT2D eigenvalue weighted by Crippen LogP contribution is -2.35. The molecule has 82 valence electrons. The molecule has 0 aromatic carbocycles. The maximum Gasteiger partial charge on any atom is 0.410 e. The molecule has 0 spiro atoms. The summed E-state index contributed by atoms with van der Waals surface area (Å²) in [6, 6.07) is 0. The molecular weight excluding hydrogens is 250 g/mol. The smallest absolute Gasteiger partial charge is 0.410 e. The highest BCUT2D eigenvalue weighted by Crippen LogP contribution is 2.30. The van der Waals surface area contributed by atoms with E-state index < -0.39 is 0 Å². The molecule has 1 aliphatic rings. The molecule has 0 radical (unpaired) electrons. The van der Waals surface area contributed by atoms with Crippen LogP contribution in [-0.4, -0.2) is 24.1 Å². The van der Waals surface area contributed by atoms with Crippen molar-refractivity contribution >= 4 is 39.0 Å². The van der Waals surface area contributed by atoms with Crippen LogP contribution in [0, 0.1) is 3.82 Å². The van der Waals surface area contributed by atoms with Crippen LogP contribution in [0.4, 0.5) is 4.79 Å². The molecule has 0 aliphatic carbocycles. The Kier molecular flexibility index (Phi) is 3.38. The molecule has 1 aromatic rings. The molecule has 2 heterocycles. The quantitative estimate of drug-likeness (QED) is 0.575. The van der Waals surface area contributed by atoms with E-state index in [-0.39, 0.29) is 6.09 Å². The van der Waals surface area contributed by atoms with Crippen LogP contribution >= 0.6 is 32.9 Å². The average molecular weight is 261 g/mol. The number of ether oxygens (including phenoxy) is 1. The summed E-state index contributed by atoms with van der Waals surface area (Å²) in [5.74, 6) is 0. The third kappa shape index (κ3) is 2.21. The van der Waals surface area contributed by atoms with Gasteiger partial charge in [0.25, 0.3) is 0 Å². The van der Waals surface area contributed by atoms with Crippen LogP contribution in [0.5, 0.6) is 0 Å². The Labute approximate surface area is 101 Å². The third-order valence-electron chi connectivity index (χ3n) is 2.28. The largest absolute Gasteiger partial charge is 0.450 e. The number of carbonyl (C=O) groups is 1. The first-order chi connectivity index (χ1) is 7.22. The minimum absolute atomic E-state index is 0.228. The first-order valence-corrected chi connectivity index (χ1v) is 7.30. The Morgan fingerprint density at radius 3 is 3.13 bits per heavy atom. The molecule has 2 rings (SSSR count). The molecule has 1 aliphatic heterocycles. The zero-order valence-electron chi connectivity index (χ0n) is 8.32. The van der Waals surface area contributed by atoms with Crippen LogP contribution in [0.2, 0.25) is 0 Å². The second kappa shape index (κ2) is 4.59. The molecule has 0 atom stereocenters. The maximum absolute atomic E-state index is 11.5. The van der Waals surface area contributed by atoms with Crippen LogP contribution in [-0.2, 0) is 17.7 Å². The molecule has 0 bridgehead atoms. The average Bonchev–Trinajstić information content (AvgIpc) is 2.60. The van der Waals surface area contributed by atoms with Gasteiger partial charge in [-0.2, -0.15) is 0 Å². The van der Waals surface area contributed by atoms with Gasteiger partial charge in [-0.15, -0.1) is 0 Å². The Balaban J connectivity index is 2.14. The summed E-state index contributed by atoms with van der Waals surface area (Å²) in [4.78, 5) is 14.6. The van der Waals surface area contributed by atoms with Gasteiger partial charge in [-0.25, -0.2) is 4.79 Å². The van der Waals surface area contributed by atoms with Gasteiger partial charge in [0.1, 0.15) is 3.82 Å². The van der Waals surface area contributed by atoms with E-state index in [4.69, 9.17) is 17.0 Å². The fraction of sp³-hybridized carbons (Fsp3) is 0.556. The van der Waals surface area contributed by atoms with Crippen LogP contribution in [0.3, 0.4) is 0 Å². The van der Waals surface area contributed by atoms with Crippen LogP contribution in [0.25, 0.3) is 0 Å². The molecule has 0 saturated heterocycles. The molecular formula is C9H11NO2S3. The summed E-state index contributed by atoms with van der Waals surface area (Å²) in [6.07, 6.45) is 0.681. The van der Waals surface area contributed by atoms with Crippen molar-refractivity contribution in [1.82, 2.24) is 4.90 Å². The topological polar surface area (TPSA) is 29.5 Å². The number of rotatable bonds is 1. The minimum atomic E-state index is -0.228. The van der Waals surface area contributed by atoms with Crippen molar-refractivity contribution in [3.05, 3.63) is 14.3 Å². The van der Waals surface area contributed by atoms with Crippen molar-refractivity contribution in [2.45, 2.75) is 19.9 Å². The fourth-order valence-corrected chi connectivity index (χ4v) is 4.44. The van der Waals surface area contributed by atoms with Crippen molar-refractivity contribution in [3.8, 4) is 0 Å². The highest BCUT2D eigenvalue weighted by atomic mass is 32.9. The first kappa shape index (κ1) is 11.0. The van der Waals surface area contributed by atoms with E-state index in [9.17, 15) is 4.79 Å². The van der Waals surface area contributed by atoms with Gasteiger partial charge in [0.15, 0.2) is 0 Å². The lowest BCUT2D eigenvalue weighted by Gasteiger charge is -2.25. The Morgan fingerprint density at radius 2 is 2.40 bits per heavy atom. The normalized spacial score (nSPS) is 14.9. The van der Waals surface area contributed by atoms with Crippen molar-refractivity contribution in [3.63, 3.8) is 0 Å². The molecule has 6 heteroatoms. The van der Waals surface area contributed by atoms with Gasteiger partial charge in [-0.1, -0.05) is 32.9 Å². The molecule has 15 heavy (non-hydrogen) atoms. The van der Waals surface area contributed by atoms with Crippen molar-refractivity contribution in [2.75, 3.05) is 13.2 Å². The number of hydrogen-bond acceptors (Lipinski definition) is 5. The number of nitrogens with zero attached hydrogens (tertiary/aromatic N) is 1. The summed E-state index contributed by atoms with van der Waals surface area (Å²) in [6.45, 7) is 3.61. The fourth-order valence-electron chi connectivity index (χ4n) is 1.52. The zero-order chi connectivity index (χ0) is 10.8. The molecule has 3 nitrogen and oxygen atoms in total. The lowest BCUT2D eigenvalue weighted by atomic mass is 10.1. The summed E-state index contributed by atoms with van der Waals surface area (Å²) < 4.78 is 5.89. The standard InChI is InChI=1S/C9H11NO2S3/c1-2-12-9(11)10-4-3-7-6(5-10)8(13)15-14-7/h2-5H2,1H3. The molecule has 0 fully saturated rings. The Bertz CT molecular complexity index is 423. The van der Waals surface area contributed by atoms with Gasteiger partial charge in [0.2, 0.25) is 0 Å². The SMILES string of the molecule is CCOC(=O)N1CCc2ssc(=S)c2C1. The van der Waals surface area contributed by atoms with Gasteiger partial charge in [0, 0.05) is 23.4 Å². The van der Waals surface area contributed by atoms with Crippen molar-refractivity contribution < 1.29 is 9.53 Å². The Hall–Kier alpha value is -0.460.